The molecule has 0 saturated heterocycles. The van der Waals surface area contributed by atoms with Crippen molar-refractivity contribution >= 4 is 11.1 Å². The average molecular weight is 551 g/mol. The highest BCUT2D eigenvalue weighted by atomic mass is 16.3. The van der Waals surface area contributed by atoms with E-state index in [1.807, 2.05) is 91.8 Å². The molecule has 4 N–H and O–H groups in total. The molecule has 4 aromatic carbocycles. The molecular formula is C37H42O4. The number of benzene rings is 4. The van der Waals surface area contributed by atoms with Gasteiger partial charge < -0.3 is 20.4 Å². The van der Waals surface area contributed by atoms with E-state index in [2.05, 4.69) is 19.1 Å². The Bertz CT molecular complexity index is 1540. The van der Waals surface area contributed by atoms with Crippen molar-refractivity contribution in [1.82, 2.24) is 0 Å². The zero-order valence-electron chi connectivity index (χ0n) is 25.7. The van der Waals surface area contributed by atoms with Gasteiger partial charge in [0, 0.05) is 5.92 Å². The molecule has 1 atom stereocenters. The Balaban J connectivity index is 2.26. The van der Waals surface area contributed by atoms with Gasteiger partial charge in [0.2, 0.25) is 0 Å². The average Bonchev–Trinajstić information content (AvgIpc) is 2.91. The predicted octanol–water partition coefficient (Wildman–Crippen LogP) is 9.13. The van der Waals surface area contributed by atoms with E-state index in [0.717, 1.165) is 84.3 Å². The van der Waals surface area contributed by atoms with Gasteiger partial charge in [0.25, 0.3) is 0 Å². The molecular weight excluding hydrogens is 508 g/mol. The summed E-state index contributed by atoms with van der Waals surface area (Å²) in [5, 5.41) is 42.7. The molecule has 0 aliphatic carbocycles. The Morgan fingerprint density at radius 3 is 1.02 bits per heavy atom. The molecule has 0 heterocycles. The molecule has 4 rings (SSSR count). The highest BCUT2D eigenvalue weighted by Gasteiger charge is 2.26. The van der Waals surface area contributed by atoms with Crippen LogP contribution in [-0.4, -0.2) is 20.4 Å². The highest BCUT2D eigenvalue weighted by molar-refractivity contribution is 6.01. The van der Waals surface area contributed by atoms with E-state index in [9.17, 15) is 20.4 Å². The number of phenolic OH excluding ortho intramolecular Hbond substituents is 4. The molecule has 4 nitrogen and oxygen atoms in total. The van der Waals surface area contributed by atoms with Gasteiger partial charge in [-0.3, -0.25) is 0 Å². The van der Waals surface area contributed by atoms with Gasteiger partial charge in [-0.25, -0.2) is 0 Å². The van der Waals surface area contributed by atoms with E-state index < -0.39 is 0 Å². The van der Waals surface area contributed by atoms with Gasteiger partial charge in [-0.05, 0) is 176 Å². The maximum absolute atomic E-state index is 10.7. The molecule has 0 saturated carbocycles. The smallest absolute Gasteiger partial charge is 0.121 e. The first kappa shape index (κ1) is 29.8. The minimum absolute atomic E-state index is 0.0600. The molecule has 0 fully saturated rings. The van der Waals surface area contributed by atoms with Crippen LogP contribution in [-0.2, 0) is 0 Å². The van der Waals surface area contributed by atoms with Crippen molar-refractivity contribution in [3.05, 3.63) is 115 Å². The van der Waals surface area contributed by atoms with Gasteiger partial charge in [-0.1, -0.05) is 19.1 Å². The van der Waals surface area contributed by atoms with Crippen LogP contribution < -0.4 is 0 Å². The number of rotatable bonds is 6. The first-order valence-corrected chi connectivity index (χ1v) is 14.2. The Morgan fingerprint density at radius 1 is 0.463 bits per heavy atom. The van der Waals surface area contributed by atoms with Crippen molar-refractivity contribution in [3.8, 4) is 23.0 Å². The van der Waals surface area contributed by atoms with Crippen molar-refractivity contribution in [2.75, 3.05) is 0 Å². The van der Waals surface area contributed by atoms with Crippen molar-refractivity contribution in [2.45, 2.75) is 74.7 Å². The summed E-state index contributed by atoms with van der Waals surface area (Å²) in [5.74, 6) is 1.09. The molecule has 0 spiro atoms. The first-order valence-electron chi connectivity index (χ1n) is 14.2. The molecule has 0 aliphatic rings. The number of phenols is 4. The lowest BCUT2D eigenvalue weighted by Gasteiger charge is -2.28. The summed E-state index contributed by atoms with van der Waals surface area (Å²) < 4.78 is 0. The second-order valence-corrected chi connectivity index (χ2v) is 11.6. The fourth-order valence-electron chi connectivity index (χ4n) is 6.11. The summed E-state index contributed by atoms with van der Waals surface area (Å²) in [6.07, 6.45) is 0.785. The van der Waals surface area contributed by atoms with Gasteiger partial charge in [0.15, 0.2) is 0 Å². The zero-order chi connectivity index (χ0) is 30.3. The van der Waals surface area contributed by atoms with Gasteiger partial charge >= 0.3 is 0 Å². The lowest BCUT2D eigenvalue weighted by Crippen LogP contribution is -2.08. The summed E-state index contributed by atoms with van der Waals surface area (Å²) in [6.45, 7) is 17.5. The van der Waals surface area contributed by atoms with Crippen LogP contribution in [0.1, 0.15) is 86.0 Å². The SMILES string of the molecule is CCC(C(=C(c1cc(C)c(O)c(C)c1)c1cc(C)c(O)c(C)c1)c1cc(C)c(O)c(C)c1)c1cc(C)c(O)c(C)c1. The Labute approximate surface area is 244 Å². The van der Waals surface area contributed by atoms with E-state index in [0.29, 0.717) is 5.75 Å². The second kappa shape index (κ2) is 11.4. The van der Waals surface area contributed by atoms with Crippen molar-refractivity contribution in [1.29, 1.82) is 0 Å². The number of hydrogen-bond acceptors (Lipinski definition) is 4. The van der Waals surface area contributed by atoms with Crippen LogP contribution in [0, 0.1) is 55.4 Å². The number of hydrogen-bond donors (Lipinski definition) is 4. The van der Waals surface area contributed by atoms with Crippen LogP contribution >= 0.6 is 0 Å². The summed E-state index contributed by atoms with van der Waals surface area (Å²) in [7, 11) is 0. The summed E-state index contributed by atoms with van der Waals surface area (Å²) in [6, 6.07) is 16.3. The molecule has 0 amide bonds. The molecule has 1 unspecified atom stereocenters. The number of aryl methyl sites for hydroxylation is 8. The molecule has 0 aromatic heterocycles. The topological polar surface area (TPSA) is 80.9 Å². The summed E-state index contributed by atoms with van der Waals surface area (Å²) in [5.41, 5.74) is 12.5. The fourth-order valence-corrected chi connectivity index (χ4v) is 6.11. The van der Waals surface area contributed by atoms with Gasteiger partial charge in [-0.15, -0.1) is 0 Å². The molecule has 4 heteroatoms. The maximum atomic E-state index is 10.7. The predicted molar refractivity (Wildman–Crippen MR) is 169 cm³/mol. The van der Waals surface area contributed by atoms with Gasteiger partial charge in [-0.2, -0.15) is 0 Å². The number of aromatic hydroxyl groups is 4. The van der Waals surface area contributed by atoms with Crippen molar-refractivity contribution < 1.29 is 20.4 Å². The molecule has 214 valence electrons. The summed E-state index contributed by atoms with van der Waals surface area (Å²) in [4.78, 5) is 0. The van der Waals surface area contributed by atoms with Crippen LogP contribution in [0.25, 0.3) is 11.1 Å². The fraction of sp³-hybridized carbons (Fsp3) is 0.297. The largest absolute Gasteiger partial charge is 0.507 e. The quantitative estimate of drug-likeness (QED) is 0.180. The van der Waals surface area contributed by atoms with Crippen LogP contribution in [0.15, 0.2) is 48.5 Å². The molecule has 0 radical (unpaired) electrons. The maximum Gasteiger partial charge on any atom is 0.121 e. The normalized spacial score (nSPS) is 11.9. The van der Waals surface area contributed by atoms with E-state index >= 15 is 0 Å². The highest BCUT2D eigenvalue weighted by Crippen LogP contribution is 2.47. The third-order valence-corrected chi connectivity index (χ3v) is 8.30. The molecule has 41 heavy (non-hydrogen) atoms. The van der Waals surface area contributed by atoms with Crippen LogP contribution in [0.3, 0.4) is 0 Å². The van der Waals surface area contributed by atoms with Crippen LogP contribution in [0.2, 0.25) is 0 Å². The Morgan fingerprint density at radius 2 is 0.732 bits per heavy atom. The Kier molecular flexibility index (Phi) is 8.26. The molecule has 0 bridgehead atoms. The van der Waals surface area contributed by atoms with E-state index in [1.54, 1.807) is 0 Å². The second-order valence-electron chi connectivity index (χ2n) is 11.6. The lowest BCUT2D eigenvalue weighted by atomic mass is 9.76. The third-order valence-electron chi connectivity index (χ3n) is 8.30. The lowest BCUT2D eigenvalue weighted by molar-refractivity contribution is 0.466. The van der Waals surface area contributed by atoms with E-state index in [1.165, 1.54) is 0 Å². The van der Waals surface area contributed by atoms with Crippen molar-refractivity contribution in [3.63, 3.8) is 0 Å². The van der Waals surface area contributed by atoms with Crippen LogP contribution in [0.4, 0.5) is 0 Å². The summed E-state index contributed by atoms with van der Waals surface area (Å²) >= 11 is 0. The third kappa shape index (κ3) is 5.56. The van der Waals surface area contributed by atoms with E-state index in [-0.39, 0.29) is 23.2 Å². The standard InChI is InChI=1S/C37H42O4/c1-10-31(27-11-19(2)34(38)20(3)12-27)33(30-17-25(8)37(41)26(9)18-30)32(28-13-21(4)35(39)22(5)14-28)29-15-23(6)36(40)24(7)16-29/h11-18,31,38-41H,10H2,1-9H3. The zero-order valence-corrected chi connectivity index (χ0v) is 25.7. The minimum atomic E-state index is -0.0600. The minimum Gasteiger partial charge on any atom is -0.507 e. The van der Waals surface area contributed by atoms with Crippen molar-refractivity contribution in [2.24, 2.45) is 0 Å². The first-order chi connectivity index (χ1) is 19.2. The Hall–Kier alpha value is -4.18. The number of allylic oxidation sites excluding steroid dienone is 1. The van der Waals surface area contributed by atoms with Gasteiger partial charge in [0.05, 0.1) is 0 Å². The molecule has 0 aliphatic heterocycles. The van der Waals surface area contributed by atoms with Gasteiger partial charge in [0.1, 0.15) is 23.0 Å². The monoisotopic (exact) mass is 550 g/mol. The van der Waals surface area contributed by atoms with Crippen LogP contribution in [0.5, 0.6) is 23.0 Å². The molecule has 4 aromatic rings. The van der Waals surface area contributed by atoms with E-state index in [4.69, 9.17) is 0 Å².